The third kappa shape index (κ3) is 4.86. The van der Waals surface area contributed by atoms with E-state index < -0.39 is 5.97 Å². The molecule has 0 saturated heterocycles. The molecular formula is C17H19NO2. The van der Waals surface area contributed by atoms with Crippen LogP contribution in [-0.4, -0.2) is 17.1 Å². The maximum absolute atomic E-state index is 11.0. The van der Waals surface area contributed by atoms with Gasteiger partial charge in [0.2, 0.25) is 0 Å². The van der Waals surface area contributed by atoms with Crippen molar-refractivity contribution in [3.05, 3.63) is 71.8 Å². The van der Waals surface area contributed by atoms with Crippen LogP contribution in [0.5, 0.6) is 0 Å². The third-order valence-corrected chi connectivity index (χ3v) is 3.18. The van der Waals surface area contributed by atoms with E-state index in [4.69, 9.17) is 5.11 Å². The number of benzene rings is 2. The number of carboxylic acids is 1. The van der Waals surface area contributed by atoms with E-state index in [9.17, 15) is 4.79 Å². The van der Waals surface area contributed by atoms with Crippen molar-refractivity contribution in [3.8, 4) is 0 Å². The second kappa shape index (κ2) is 7.46. The van der Waals surface area contributed by atoms with Gasteiger partial charge in [-0.05, 0) is 17.5 Å². The van der Waals surface area contributed by atoms with Crippen molar-refractivity contribution in [1.82, 2.24) is 5.32 Å². The standard InChI is InChI=1S/C17H19NO2/c19-17(20)12-16(11-14-7-3-1-4-8-14)18-13-15-9-5-2-6-10-15/h1-10,16,18H,11-13H2,(H,19,20)/t16-/m0/s1. The van der Waals surface area contributed by atoms with E-state index in [2.05, 4.69) is 5.32 Å². The second-order valence-corrected chi connectivity index (χ2v) is 4.85. The Morgan fingerprint density at radius 1 is 0.950 bits per heavy atom. The van der Waals surface area contributed by atoms with Gasteiger partial charge in [-0.25, -0.2) is 0 Å². The molecule has 0 radical (unpaired) electrons. The molecule has 3 heteroatoms. The molecule has 2 N–H and O–H groups in total. The van der Waals surface area contributed by atoms with E-state index in [0.717, 1.165) is 17.5 Å². The Bertz CT molecular complexity index is 525. The van der Waals surface area contributed by atoms with E-state index in [1.54, 1.807) is 0 Å². The van der Waals surface area contributed by atoms with Crippen LogP contribution in [0.15, 0.2) is 60.7 Å². The lowest BCUT2D eigenvalue weighted by molar-refractivity contribution is -0.137. The first-order chi connectivity index (χ1) is 9.74. The fourth-order valence-corrected chi connectivity index (χ4v) is 2.18. The molecule has 1 atom stereocenters. The summed E-state index contributed by atoms with van der Waals surface area (Å²) in [6.07, 6.45) is 0.849. The number of carbonyl (C=O) groups is 1. The summed E-state index contributed by atoms with van der Waals surface area (Å²) in [7, 11) is 0. The number of aliphatic carboxylic acids is 1. The molecule has 0 aromatic heterocycles. The molecule has 2 rings (SSSR count). The molecular weight excluding hydrogens is 250 g/mol. The zero-order chi connectivity index (χ0) is 14.2. The molecule has 2 aromatic carbocycles. The molecule has 0 aliphatic carbocycles. The molecule has 0 bridgehead atoms. The van der Waals surface area contributed by atoms with Gasteiger partial charge in [0.15, 0.2) is 0 Å². The molecule has 0 fully saturated rings. The van der Waals surface area contributed by atoms with Crippen LogP contribution in [0.4, 0.5) is 0 Å². The SMILES string of the molecule is O=C(O)C[C@H](Cc1ccccc1)NCc1ccccc1. The summed E-state index contributed by atoms with van der Waals surface area (Å²) in [5.74, 6) is -0.772. The predicted octanol–water partition coefficient (Wildman–Crippen LogP) is 2.86. The Labute approximate surface area is 119 Å². The summed E-state index contributed by atoms with van der Waals surface area (Å²) in [5, 5.41) is 12.4. The lowest BCUT2D eigenvalue weighted by Gasteiger charge is -2.17. The largest absolute Gasteiger partial charge is 0.481 e. The van der Waals surface area contributed by atoms with Crippen molar-refractivity contribution in [1.29, 1.82) is 0 Å². The van der Waals surface area contributed by atoms with Gasteiger partial charge in [0.05, 0.1) is 6.42 Å². The molecule has 20 heavy (non-hydrogen) atoms. The van der Waals surface area contributed by atoms with Crippen molar-refractivity contribution in [3.63, 3.8) is 0 Å². The molecule has 0 spiro atoms. The Morgan fingerprint density at radius 3 is 2.05 bits per heavy atom. The highest BCUT2D eigenvalue weighted by molar-refractivity contribution is 5.67. The van der Waals surface area contributed by atoms with Gasteiger partial charge in [-0.3, -0.25) is 4.79 Å². The van der Waals surface area contributed by atoms with Gasteiger partial charge in [-0.2, -0.15) is 0 Å². The van der Waals surface area contributed by atoms with Crippen LogP contribution in [0.1, 0.15) is 17.5 Å². The minimum absolute atomic E-state index is 0.0601. The van der Waals surface area contributed by atoms with Gasteiger partial charge in [0.1, 0.15) is 0 Å². The molecule has 0 aliphatic rings. The Kier molecular flexibility index (Phi) is 5.33. The highest BCUT2D eigenvalue weighted by Gasteiger charge is 2.13. The first-order valence-electron chi connectivity index (χ1n) is 6.77. The van der Waals surface area contributed by atoms with Gasteiger partial charge in [0, 0.05) is 12.6 Å². The first kappa shape index (κ1) is 14.3. The van der Waals surface area contributed by atoms with E-state index in [1.165, 1.54) is 0 Å². The average molecular weight is 269 g/mol. The highest BCUT2D eigenvalue weighted by atomic mass is 16.4. The van der Waals surface area contributed by atoms with Gasteiger partial charge in [-0.15, -0.1) is 0 Å². The minimum Gasteiger partial charge on any atom is -0.481 e. The minimum atomic E-state index is -0.772. The average Bonchev–Trinajstić information content (AvgIpc) is 2.46. The zero-order valence-electron chi connectivity index (χ0n) is 11.3. The molecule has 0 heterocycles. The Hall–Kier alpha value is -2.13. The molecule has 0 unspecified atom stereocenters. The van der Waals surface area contributed by atoms with E-state index in [-0.39, 0.29) is 12.5 Å². The number of nitrogens with one attached hydrogen (secondary N) is 1. The smallest absolute Gasteiger partial charge is 0.304 e. The topological polar surface area (TPSA) is 49.3 Å². The molecule has 0 aliphatic heterocycles. The summed E-state index contributed by atoms with van der Waals surface area (Å²) in [6.45, 7) is 0.686. The van der Waals surface area contributed by atoms with Crippen LogP contribution < -0.4 is 5.32 Å². The van der Waals surface area contributed by atoms with Gasteiger partial charge < -0.3 is 10.4 Å². The third-order valence-electron chi connectivity index (χ3n) is 3.18. The van der Waals surface area contributed by atoms with Crippen molar-refractivity contribution in [2.45, 2.75) is 25.4 Å². The number of rotatable bonds is 7. The lowest BCUT2D eigenvalue weighted by atomic mass is 10.0. The normalized spacial score (nSPS) is 12.0. The van der Waals surface area contributed by atoms with Crippen LogP contribution in [0.2, 0.25) is 0 Å². The maximum atomic E-state index is 11.0. The molecule has 104 valence electrons. The van der Waals surface area contributed by atoms with Crippen molar-refractivity contribution < 1.29 is 9.90 Å². The summed E-state index contributed by atoms with van der Waals surface area (Å²) in [5.41, 5.74) is 2.32. The molecule has 2 aromatic rings. The molecule has 3 nitrogen and oxygen atoms in total. The van der Waals surface area contributed by atoms with Crippen LogP contribution in [0, 0.1) is 0 Å². The number of carboxylic acid groups (broad SMARTS) is 1. The molecule has 0 amide bonds. The summed E-state index contributed by atoms with van der Waals surface area (Å²) < 4.78 is 0. The van der Waals surface area contributed by atoms with Gasteiger partial charge in [0.25, 0.3) is 0 Å². The van der Waals surface area contributed by atoms with Crippen LogP contribution in [0.3, 0.4) is 0 Å². The molecule has 0 saturated carbocycles. The number of hydrogen-bond acceptors (Lipinski definition) is 2. The van der Waals surface area contributed by atoms with Crippen molar-refractivity contribution in [2.75, 3.05) is 0 Å². The van der Waals surface area contributed by atoms with E-state index in [0.29, 0.717) is 6.54 Å². The maximum Gasteiger partial charge on any atom is 0.304 e. The zero-order valence-corrected chi connectivity index (χ0v) is 11.3. The Balaban J connectivity index is 1.95. The number of hydrogen-bond donors (Lipinski definition) is 2. The summed E-state index contributed by atoms with van der Waals surface area (Å²) in [6, 6.07) is 19.9. The monoisotopic (exact) mass is 269 g/mol. The quantitative estimate of drug-likeness (QED) is 0.812. The van der Waals surface area contributed by atoms with Gasteiger partial charge >= 0.3 is 5.97 Å². The second-order valence-electron chi connectivity index (χ2n) is 4.85. The van der Waals surface area contributed by atoms with Gasteiger partial charge in [-0.1, -0.05) is 60.7 Å². The van der Waals surface area contributed by atoms with Crippen molar-refractivity contribution >= 4 is 5.97 Å². The lowest BCUT2D eigenvalue weighted by Crippen LogP contribution is -2.33. The van der Waals surface area contributed by atoms with Crippen molar-refractivity contribution in [2.24, 2.45) is 0 Å². The Morgan fingerprint density at radius 2 is 1.50 bits per heavy atom. The van der Waals surface area contributed by atoms with E-state index >= 15 is 0 Å². The fourth-order valence-electron chi connectivity index (χ4n) is 2.18. The summed E-state index contributed by atoms with van der Waals surface area (Å²) >= 11 is 0. The summed E-state index contributed by atoms with van der Waals surface area (Å²) in [4.78, 5) is 11.0. The highest BCUT2D eigenvalue weighted by Crippen LogP contribution is 2.07. The fraction of sp³-hybridized carbons (Fsp3) is 0.235. The predicted molar refractivity (Wildman–Crippen MR) is 79.5 cm³/mol. The van der Waals surface area contributed by atoms with Crippen LogP contribution >= 0.6 is 0 Å². The first-order valence-corrected chi connectivity index (χ1v) is 6.77. The van der Waals surface area contributed by atoms with Crippen LogP contribution in [0.25, 0.3) is 0 Å². The van der Waals surface area contributed by atoms with Crippen LogP contribution in [-0.2, 0) is 17.8 Å². The van der Waals surface area contributed by atoms with E-state index in [1.807, 2.05) is 60.7 Å².